The van der Waals surface area contributed by atoms with E-state index in [1.165, 1.54) is 22.6 Å². The van der Waals surface area contributed by atoms with Crippen molar-refractivity contribution in [2.45, 2.75) is 6.18 Å². The van der Waals surface area contributed by atoms with Crippen LogP contribution in [0.4, 0.5) is 18.9 Å². The van der Waals surface area contributed by atoms with Crippen LogP contribution in [0.2, 0.25) is 5.02 Å². The Balaban J connectivity index is 3.55. The lowest BCUT2D eigenvalue weighted by Gasteiger charge is -2.09. The lowest BCUT2D eigenvalue weighted by atomic mass is 10.2. The predicted octanol–water partition coefficient (Wildman–Crippen LogP) is 3.87. The molecule has 0 N–H and O–H groups in total. The zero-order valence-corrected chi connectivity index (χ0v) is 9.72. The summed E-state index contributed by atoms with van der Waals surface area (Å²) in [5.74, 6) is 0. The van der Waals surface area contributed by atoms with Gasteiger partial charge < -0.3 is 0 Å². The standard InChI is InChI=1S/C7H2ClF3INO2/c8-3-1-4(12)6(7(9,10)11)5(2-3)13(14)15/h1-2H. The number of nitro benzene ring substituents is 1. The van der Waals surface area contributed by atoms with Crippen LogP contribution in [0.5, 0.6) is 0 Å². The van der Waals surface area contributed by atoms with E-state index in [1.807, 2.05) is 0 Å². The molecule has 0 heterocycles. The molecule has 0 aliphatic rings. The van der Waals surface area contributed by atoms with Crippen molar-refractivity contribution in [2.24, 2.45) is 0 Å². The van der Waals surface area contributed by atoms with Crippen LogP contribution in [0.25, 0.3) is 0 Å². The second kappa shape index (κ2) is 4.12. The number of rotatable bonds is 1. The number of hydrogen-bond acceptors (Lipinski definition) is 2. The van der Waals surface area contributed by atoms with Crippen LogP contribution in [-0.4, -0.2) is 4.92 Å². The molecule has 15 heavy (non-hydrogen) atoms. The van der Waals surface area contributed by atoms with Crippen LogP contribution in [-0.2, 0) is 6.18 Å². The van der Waals surface area contributed by atoms with E-state index in [0.717, 1.165) is 6.07 Å². The third-order valence-electron chi connectivity index (χ3n) is 1.51. The van der Waals surface area contributed by atoms with E-state index in [1.54, 1.807) is 0 Å². The van der Waals surface area contributed by atoms with Crippen molar-refractivity contribution in [2.75, 3.05) is 0 Å². The Bertz CT molecular complexity index is 421. The van der Waals surface area contributed by atoms with Crippen molar-refractivity contribution in [3.05, 3.63) is 36.4 Å². The van der Waals surface area contributed by atoms with E-state index in [-0.39, 0.29) is 8.59 Å². The Morgan fingerprint density at radius 3 is 2.33 bits per heavy atom. The normalized spacial score (nSPS) is 11.5. The number of nitrogens with zero attached hydrogens (tertiary/aromatic N) is 1. The molecule has 0 fully saturated rings. The Kier molecular flexibility index (Phi) is 3.44. The Morgan fingerprint density at radius 2 is 1.93 bits per heavy atom. The van der Waals surface area contributed by atoms with Crippen molar-refractivity contribution >= 4 is 39.9 Å². The molecule has 1 rings (SSSR count). The summed E-state index contributed by atoms with van der Waals surface area (Å²) in [4.78, 5) is 9.32. The van der Waals surface area contributed by atoms with Crippen molar-refractivity contribution < 1.29 is 18.1 Å². The Hall–Kier alpha value is -0.570. The van der Waals surface area contributed by atoms with E-state index in [2.05, 4.69) is 0 Å². The molecular weight excluding hydrogens is 349 g/mol. The molecule has 0 aliphatic heterocycles. The topological polar surface area (TPSA) is 43.1 Å². The highest BCUT2D eigenvalue weighted by Crippen LogP contribution is 2.40. The number of halogens is 5. The van der Waals surface area contributed by atoms with Gasteiger partial charge in [0.1, 0.15) is 5.56 Å². The molecule has 0 unspecified atom stereocenters. The predicted molar refractivity (Wildman–Crippen MR) is 55.8 cm³/mol. The molecule has 0 aromatic heterocycles. The van der Waals surface area contributed by atoms with Crippen LogP contribution in [0, 0.1) is 13.7 Å². The lowest BCUT2D eigenvalue weighted by Crippen LogP contribution is -2.11. The minimum atomic E-state index is -4.76. The second-order valence-electron chi connectivity index (χ2n) is 2.54. The van der Waals surface area contributed by atoms with Gasteiger partial charge in [-0.3, -0.25) is 10.1 Å². The number of hydrogen-bond donors (Lipinski definition) is 0. The monoisotopic (exact) mass is 351 g/mol. The molecule has 0 saturated heterocycles. The molecule has 82 valence electrons. The van der Waals surface area contributed by atoms with Crippen molar-refractivity contribution in [1.29, 1.82) is 0 Å². The highest BCUT2D eigenvalue weighted by molar-refractivity contribution is 14.1. The third-order valence-corrected chi connectivity index (χ3v) is 2.58. The average Bonchev–Trinajstić information content (AvgIpc) is 1.99. The zero-order chi connectivity index (χ0) is 11.8. The van der Waals surface area contributed by atoms with Crippen molar-refractivity contribution in [1.82, 2.24) is 0 Å². The Labute approximate surface area is 101 Å². The number of benzene rings is 1. The van der Waals surface area contributed by atoms with Gasteiger partial charge in [-0.15, -0.1) is 0 Å². The van der Waals surface area contributed by atoms with Gasteiger partial charge in [0.2, 0.25) is 0 Å². The van der Waals surface area contributed by atoms with Crippen molar-refractivity contribution in [3.63, 3.8) is 0 Å². The van der Waals surface area contributed by atoms with Gasteiger partial charge >= 0.3 is 6.18 Å². The summed E-state index contributed by atoms with van der Waals surface area (Å²) in [5.41, 5.74) is -2.29. The number of nitro groups is 1. The van der Waals surface area contributed by atoms with E-state index < -0.39 is 22.4 Å². The van der Waals surface area contributed by atoms with E-state index in [0.29, 0.717) is 6.07 Å². The second-order valence-corrected chi connectivity index (χ2v) is 4.14. The van der Waals surface area contributed by atoms with E-state index >= 15 is 0 Å². The van der Waals surface area contributed by atoms with Gasteiger partial charge in [-0.2, -0.15) is 13.2 Å². The average molecular weight is 351 g/mol. The maximum atomic E-state index is 12.4. The molecule has 0 saturated carbocycles. The SMILES string of the molecule is O=[N+]([O-])c1cc(Cl)cc(I)c1C(F)(F)F. The summed E-state index contributed by atoms with van der Waals surface area (Å²) in [5, 5.41) is 10.3. The quantitative estimate of drug-likeness (QED) is 0.438. The summed E-state index contributed by atoms with van der Waals surface area (Å²) in [7, 11) is 0. The maximum Gasteiger partial charge on any atom is 0.424 e. The van der Waals surface area contributed by atoms with Gasteiger partial charge in [-0.25, -0.2) is 0 Å². The molecule has 0 bridgehead atoms. The van der Waals surface area contributed by atoms with Crippen LogP contribution in [0.15, 0.2) is 12.1 Å². The minimum absolute atomic E-state index is 0.0981. The summed E-state index contributed by atoms with van der Waals surface area (Å²) < 4.78 is 37.1. The van der Waals surface area contributed by atoms with Crippen LogP contribution in [0.3, 0.4) is 0 Å². The summed E-state index contributed by atoms with van der Waals surface area (Å²) >= 11 is 6.80. The molecule has 0 radical (unpaired) electrons. The molecule has 1 aromatic rings. The molecule has 0 aliphatic carbocycles. The fraction of sp³-hybridized carbons (Fsp3) is 0.143. The molecular formula is C7H2ClF3INO2. The van der Waals surface area contributed by atoms with Gasteiger partial charge in [0, 0.05) is 14.7 Å². The molecule has 8 heteroatoms. The summed E-state index contributed by atoms with van der Waals surface area (Å²) in [6.45, 7) is 0. The van der Waals surface area contributed by atoms with Crippen LogP contribution in [0.1, 0.15) is 5.56 Å². The minimum Gasteiger partial charge on any atom is -0.258 e. The van der Waals surface area contributed by atoms with E-state index in [4.69, 9.17) is 11.6 Å². The first-order valence-electron chi connectivity index (χ1n) is 3.44. The van der Waals surface area contributed by atoms with Gasteiger partial charge in [0.25, 0.3) is 5.69 Å². The maximum absolute atomic E-state index is 12.4. The smallest absolute Gasteiger partial charge is 0.258 e. The first kappa shape index (κ1) is 12.5. The fourth-order valence-electron chi connectivity index (χ4n) is 0.985. The fourth-order valence-corrected chi connectivity index (χ4v) is 2.30. The van der Waals surface area contributed by atoms with Crippen molar-refractivity contribution in [3.8, 4) is 0 Å². The highest BCUT2D eigenvalue weighted by Gasteiger charge is 2.40. The molecule has 0 amide bonds. The van der Waals surface area contributed by atoms with Gasteiger partial charge in [-0.05, 0) is 28.7 Å². The van der Waals surface area contributed by atoms with Crippen LogP contribution >= 0.6 is 34.2 Å². The Morgan fingerprint density at radius 1 is 1.40 bits per heavy atom. The van der Waals surface area contributed by atoms with Gasteiger partial charge in [0.05, 0.1) is 4.92 Å². The third kappa shape index (κ3) is 2.71. The molecule has 0 atom stereocenters. The van der Waals surface area contributed by atoms with Gasteiger partial charge in [0.15, 0.2) is 0 Å². The van der Waals surface area contributed by atoms with E-state index in [9.17, 15) is 23.3 Å². The first-order valence-corrected chi connectivity index (χ1v) is 4.90. The largest absolute Gasteiger partial charge is 0.424 e. The van der Waals surface area contributed by atoms with Gasteiger partial charge in [-0.1, -0.05) is 11.6 Å². The highest BCUT2D eigenvalue weighted by atomic mass is 127. The summed E-state index contributed by atoms with van der Waals surface area (Å²) in [6.07, 6.45) is -4.76. The van der Waals surface area contributed by atoms with Crippen LogP contribution < -0.4 is 0 Å². The number of alkyl halides is 3. The molecule has 1 aromatic carbocycles. The zero-order valence-electron chi connectivity index (χ0n) is 6.81. The first-order chi connectivity index (χ1) is 6.73. The molecule has 3 nitrogen and oxygen atoms in total. The summed E-state index contributed by atoms with van der Waals surface area (Å²) in [6, 6.07) is 1.71. The lowest BCUT2D eigenvalue weighted by molar-refractivity contribution is -0.388. The molecule has 0 spiro atoms.